The molecule has 6 atom stereocenters. The highest BCUT2D eigenvalue weighted by Crippen LogP contribution is 2.54. The summed E-state index contributed by atoms with van der Waals surface area (Å²) >= 11 is 0. The van der Waals surface area contributed by atoms with Gasteiger partial charge in [-0.3, -0.25) is 14.6 Å². The van der Waals surface area contributed by atoms with Crippen LogP contribution in [0, 0.1) is 52.2 Å². The number of nitriles is 2. The molecule has 0 amide bonds. The molecule has 12 heteroatoms. The second-order valence-electron chi connectivity index (χ2n) is 20.6. The number of hydrogen-bond donors (Lipinski definition) is 1. The molecule has 11 nitrogen and oxygen atoms in total. The predicted octanol–water partition coefficient (Wildman–Crippen LogP) is 11.3. The largest absolute Gasteiger partial charge is 0.339 e. The third-order valence-electron chi connectivity index (χ3n) is 16.4. The SMILES string of the molecule is C[C@H]1C(=O)C(C#N)=C[C@@]2(C)c3c(c(-c4cccnc4)nn3-c3ccc(-c4cc(F)c[n+](C[C@H]5C(=O)C(C#N)=C[C@@]6(C)c7c(c(Nc8ccccc8)nn7-c7ccc(-c8ccccc8)cc7)CC[C@H]56)c4)cc3)CC[C@H]12. The first kappa shape index (κ1) is 46.2. The van der Waals surface area contributed by atoms with E-state index >= 15 is 4.39 Å². The number of pyridine rings is 2. The van der Waals surface area contributed by atoms with Crippen molar-refractivity contribution in [3.63, 3.8) is 0 Å². The molecule has 4 aromatic carbocycles. The van der Waals surface area contributed by atoms with Crippen LogP contribution in [-0.2, 0) is 39.8 Å². The third kappa shape index (κ3) is 7.59. The van der Waals surface area contributed by atoms with Gasteiger partial charge in [0.25, 0.3) is 0 Å². The minimum absolute atomic E-state index is 0.0306. The third-order valence-corrected chi connectivity index (χ3v) is 16.4. The number of halogens is 1. The minimum atomic E-state index is -0.803. The zero-order valence-corrected chi connectivity index (χ0v) is 41.2. The molecular weight excluding hydrogens is 922 g/mol. The number of hydrogen-bond acceptors (Lipinski definition) is 8. The fourth-order valence-corrected chi connectivity index (χ4v) is 12.9. The number of nitrogens with one attached hydrogen (secondary N) is 1. The fraction of sp³-hybridized carbons (Fsp3) is 0.226. The number of Topliss-reactive ketones (excluding diaryl/α,β-unsaturated/α-hetero) is 2. The van der Waals surface area contributed by atoms with E-state index in [1.54, 1.807) is 17.0 Å². The zero-order valence-electron chi connectivity index (χ0n) is 41.2. The summed E-state index contributed by atoms with van der Waals surface area (Å²) in [5.74, 6) is -1.38. The van der Waals surface area contributed by atoms with Crippen LogP contribution >= 0.6 is 0 Å². The van der Waals surface area contributed by atoms with Gasteiger partial charge in [-0.15, -0.1) is 5.10 Å². The van der Waals surface area contributed by atoms with E-state index in [2.05, 4.69) is 72.7 Å². The lowest BCUT2D eigenvalue weighted by molar-refractivity contribution is -0.703. The molecule has 12 rings (SSSR count). The molecule has 4 aliphatic carbocycles. The molecule has 0 saturated heterocycles. The number of allylic oxidation sites excluding steroid dienone is 4. The highest BCUT2D eigenvalue weighted by Gasteiger charge is 2.54. The molecule has 0 fully saturated rings. The molecular formula is C62H51FN9O2+. The molecule has 0 saturated carbocycles. The summed E-state index contributed by atoms with van der Waals surface area (Å²) in [6.45, 7) is 6.31. The summed E-state index contributed by atoms with van der Waals surface area (Å²) in [7, 11) is 0. The monoisotopic (exact) mass is 972 g/mol. The number of carbonyl (C=O) groups excluding carboxylic acids is 2. The number of anilines is 2. The Morgan fingerprint density at radius 3 is 1.91 bits per heavy atom. The molecule has 8 aromatic rings. The molecule has 0 radical (unpaired) electrons. The van der Waals surface area contributed by atoms with Gasteiger partial charge in [0.1, 0.15) is 12.1 Å². The van der Waals surface area contributed by atoms with Crippen molar-refractivity contribution < 1.29 is 18.5 Å². The van der Waals surface area contributed by atoms with Crippen LogP contribution in [0.5, 0.6) is 0 Å². The number of nitrogens with zero attached hydrogens (tertiary/aromatic N) is 8. The second kappa shape index (κ2) is 18.0. The van der Waals surface area contributed by atoms with Gasteiger partial charge in [0.15, 0.2) is 35.9 Å². The molecule has 74 heavy (non-hydrogen) atoms. The van der Waals surface area contributed by atoms with Crippen LogP contribution in [0.3, 0.4) is 0 Å². The van der Waals surface area contributed by atoms with Gasteiger partial charge in [0.2, 0.25) is 6.20 Å². The van der Waals surface area contributed by atoms with Gasteiger partial charge in [-0.25, -0.2) is 18.3 Å². The van der Waals surface area contributed by atoms with Crippen molar-refractivity contribution >= 4 is 23.1 Å². The van der Waals surface area contributed by atoms with Crippen LogP contribution in [0.4, 0.5) is 15.9 Å². The van der Waals surface area contributed by atoms with Gasteiger partial charge < -0.3 is 5.32 Å². The van der Waals surface area contributed by atoms with E-state index in [4.69, 9.17) is 10.2 Å². The number of ketones is 2. The zero-order chi connectivity index (χ0) is 50.9. The van der Waals surface area contributed by atoms with Crippen molar-refractivity contribution in [2.75, 3.05) is 5.32 Å². The van der Waals surface area contributed by atoms with Gasteiger partial charge in [0, 0.05) is 57.1 Å². The van der Waals surface area contributed by atoms with Gasteiger partial charge in [0.05, 0.1) is 45.5 Å². The Kier molecular flexibility index (Phi) is 11.2. The van der Waals surface area contributed by atoms with E-state index < -0.39 is 22.6 Å². The molecule has 4 heterocycles. The van der Waals surface area contributed by atoms with E-state index in [9.17, 15) is 20.1 Å². The van der Waals surface area contributed by atoms with Crippen LogP contribution < -0.4 is 9.88 Å². The lowest BCUT2D eigenvalue weighted by Gasteiger charge is -2.45. The van der Waals surface area contributed by atoms with E-state index in [-0.39, 0.29) is 47.0 Å². The summed E-state index contributed by atoms with van der Waals surface area (Å²) in [5.41, 5.74) is 10.5. The topological polar surface area (TPSA) is 146 Å². The van der Waals surface area contributed by atoms with E-state index in [1.807, 2.05) is 120 Å². The highest BCUT2D eigenvalue weighted by molar-refractivity contribution is 6.03. The smallest absolute Gasteiger partial charge is 0.204 e. The first-order valence-corrected chi connectivity index (χ1v) is 25.2. The maximum atomic E-state index is 16.0. The van der Waals surface area contributed by atoms with Crippen LogP contribution in [-0.4, -0.2) is 36.1 Å². The van der Waals surface area contributed by atoms with E-state index in [0.717, 1.165) is 79.8 Å². The van der Waals surface area contributed by atoms with Crippen LogP contribution in [0.1, 0.15) is 56.1 Å². The number of aromatic nitrogens is 6. The quantitative estimate of drug-likeness (QED) is 0.141. The van der Waals surface area contributed by atoms with Crippen molar-refractivity contribution in [2.24, 2.45) is 23.7 Å². The number of carbonyl (C=O) groups is 2. The van der Waals surface area contributed by atoms with Crippen molar-refractivity contribution in [1.29, 1.82) is 10.5 Å². The Hall–Kier alpha value is -8.87. The van der Waals surface area contributed by atoms with Crippen LogP contribution in [0.25, 0.3) is 44.9 Å². The van der Waals surface area contributed by atoms with E-state index in [0.29, 0.717) is 24.8 Å². The standard InChI is InChI=1S/C62H51FN9O2/c1-38-53-26-24-50-55(42-13-10-28-66-34-42)68-71(58(50)61(53,2)30-44(32-64)56(38)73)48-22-18-41(19-23-48)43-29-46(63)36-70(35-43)37-52-54-27-25-51-59(62(54,3)31-45(33-65)57(52)74)72(69-60(51)67-47-14-8-5-9-15-47)49-20-16-40(17-21-49)39-11-6-4-7-12-39/h4-23,28-31,34-36,38,52-54H,24-27,37H2,1-3H3,(H,67,69)/q+1/t38-,52-,53-,54-,61-,62-/m1/s1. The Balaban J connectivity index is 0.896. The Labute approximate surface area is 428 Å². The Bertz CT molecular complexity index is 3700. The maximum Gasteiger partial charge on any atom is 0.204 e. The number of para-hydroxylation sites is 1. The first-order chi connectivity index (χ1) is 35.9. The van der Waals surface area contributed by atoms with Crippen LogP contribution in [0.2, 0.25) is 0 Å². The number of benzene rings is 4. The molecule has 1 N–H and O–H groups in total. The average Bonchev–Trinajstić information content (AvgIpc) is 4.02. The summed E-state index contributed by atoms with van der Waals surface area (Å²) in [6.07, 6.45) is 13.3. The summed E-state index contributed by atoms with van der Waals surface area (Å²) in [6, 6.07) is 46.0. The van der Waals surface area contributed by atoms with Gasteiger partial charge in [-0.2, -0.15) is 15.6 Å². The summed E-state index contributed by atoms with van der Waals surface area (Å²) < 4.78 is 21.7. The first-order valence-electron chi connectivity index (χ1n) is 25.2. The molecule has 0 spiro atoms. The van der Waals surface area contributed by atoms with E-state index in [1.165, 1.54) is 12.3 Å². The second-order valence-corrected chi connectivity index (χ2v) is 20.6. The van der Waals surface area contributed by atoms with Gasteiger partial charge in [-0.05, 0) is 109 Å². The van der Waals surface area contributed by atoms with Gasteiger partial charge in [-0.1, -0.05) is 106 Å². The number of fused-ring (bicyclic) bond motifs is 6. The van der Waals surface area contributed by atoms with Crippen molar-refractivity contribution in [3.05, 3.63) is 204 Å². The Morgan fingerprint density at radius 1 is 0.676 bits per heavy atom. The predicted molar refractivity (Wildman–Crippen MR) is 279 cm³/mol. The normalized spacial score (nSPS) is 22.7. The fourth-order valence-electron chi connectivity index (χ4n) is 12.9. The summed E-state index contributed by atoms with van der Waals surface area (Å²) in [4.78, 5) is 32.3. The molecule has 4 aromatic heterocycles. The highest BCUT2D eigenvalue weighted by atomic mass is 19.1. The van der Waals surface area contributed by atoms with Crippen LogP contribution in [0.15, 0.2) is 175 Å². The molecule has 0 unspecified atom stereocenters. The molecule has 0 bridgehead atoms. The van der Waals surface area contributed by atoms with Crippen molar-refractivity contribution in [2.45, 2.75) is 63.8 Å². The minimum Gasteiger partial charge on any atom is -0.339 e. The molecule has 362 valence electrons. The lowest BCUT2D eigenvalue weighted by atomic mass is 9.57. The van der Waals surface area contributed by atoms with Gasteiger partial charge >= 0.3 is 0 Å². The molecule has 0 aliphatic heterocycles. The Morgan fingerprint density at radius 2 is 1.24 bits per heavy atom. The van der Waals surface area contributed by atoms with Crippen molar-refractivity contribution in [1.82, 2.24) is 24.5 Å². The lowest BCUT2D eigenvalue weighted by Crippen LogP contribution is -2.52. The summed E-state index contributed by atoms with van der Waals surface area (Å²) in [5, 5.41) is 34.8. The molecule has 4 aliphatic rings. The average molecular weight is 973 g/mol. The number of rotatable bonds is 9. The van der Waals surface area contributed by atoms with Crippen molar-refractivity contribution in [3.8, 4) is 57.0 Å². The maximum absolute atomic E-state index is 16.0.